The summed E-state index contributed by atoms with van der Waals surface area (Å²) in [5, 5.41) is 3.43. The van der Waals surface area contributed by atoms with Crippen molar-refractivity contribution in [3.05, 3.63) is 30.4 Å². The molecule has 2 aromatic rings. The Balaban J connectivity index is 1.82. The molecule has 0 aliphatic heterocycles. The topological polar surface area (TPSA) is 42.2 Å². The van der Waals surface area contributed by atoms with Crippen LogP contribution in [0.15, 0.2) is 24.7 Å². The molecule has 4 nitrogen and oxygen atoms in total. The molecule has 0 unspecified atom stereocenters. The first kappa shape index (κ1) is 7.94. The van der Waals surface area contributed by atoms with E-state index in [1.54, 1.807) is 6.20 Å². The van der Waals surface area contributed by atoms with E-state index in [-0.39, 0.29) is 0 Å². The van der Waals surface area contributed by atoms with Crippen LogP contribution in [-0.4, -0.2) is 20.4 Å². The van der Waals surface area contributed by atoms with Crippen LogP contribution in [0.2, 0.25) is 0 Å². The minimum atomic E-state index is 0.729. The maximum Gasteiger partial charge on any atom is 0.233 e. The summed E-state index contributed by atoms with van der Waals surface area (Å²) in [5.41, 5.74) is 1.07. The molecule has 1 saturated carbocycles. The monoisotopic (exact) mass is 188 g/mol. The third-order valence-electron chi connectivity index (χ3n) is 2.43. The highest BCUT2D eigenvalue weighted by Gasteiger charge is 2.20. The van der Waals surface area contributed by atoms with Crippen LogP contribution in [0.25, 0.3) is 5.78 Å². The number of aromatic nitrogens is 3. The van der Waals surface area contributed by atoms with Gasteiger partial charge in [0.2, 0.25) is 5.78 Å². The zero-order chi connectivity index (χ0) is 9.38. The molecule has 3 rings (SSSR count). The van der Waals surface area contributed by atoms with E-state index in [0.29, 0.717) is 0 Å². The van der Waals surface area contributed by atoms with Crippen LogP contribution in [0.1, 0.15) is 18.5 Å². The molecule has 0 amide bonds. The fraction of sp³-hybridized carbons (Fsp3) is 0.400. The number of nitrogens with zero attached hydrogens (tertiary/aromatic N) is 3. The van der Waals surface area contributed by atoms with Crippen molar-refractivity contribution in [3.63, 3.8) is 0 Å². The first-order valence-corrected chi connectivity index (χ1v) is 4.94. The highest BCUT2D eigenvalue weighted by Crippen LogP contribution is 2.19. The lowest BCUT2D eigenvalue weighted by Gasteiger charge is -1.96. The van der Waals surface area contributed by atoms with Gasteiger partial charge in [0.15, 0.2) is 0 Å². The maximum absolute atomic E-state index is 4.40. The lowest BCUT2D eigenvalue weighted by molar-refractivity contribution is 0.677. The van der Waals surface area contributed by atoms with Gasteiger partial charge in [-0.05, 0) is 18.9 Å². The lowest BCUT2D eigenvalue weighted by atomic mass is 10.4. The third-order valence-corrected chi connectivity index (χ3v) is 2.43. The summed E-state index contributed by atoms with van der Waals surface area (Å²) in [4.78, 5) is 8.57. The van der Waals surface area contributed by atoms with Gasteiger partial charge in [-0.2, -0.15) is 0 Å². The molecule has 14 heavy (non-hydrogen) atoms. The van der Waals surface area contributed by atoms with Gasteiger partial charge in [0.25, 0.3) is 0 Å². The van der Waals surface area contributed by atoms with Gasteiger partial charge in [-0.25, -0.2) is 9.97 Å². The van der Waals surface area contributed by atoms with Crippen LogP contribution in [-0.2, 0) is 6.54 Å². The largest absolute Gasteiger partial charge is 0.308 e. The SMILES string of the molecule is c1cnc2nc(CNC3CC3)cn2c1. The van der Waals surface area contributed by atoms with E-state index in [2.05, 4.69) is 15.3 Å². The second-order valence-electron chi connectivity index (χ2n) is 3.71. The number of rotatable bonds is 3. The fourth-order valence-electron chi connectivity index (χ4n) is 1.50. The van der Waals surface area contributed by atoms with E-state index < -0.39 is 0 Å². The van der Waals surface area contributed by atoms with Gasteiger partial charge < -0.3 is 5.32 Å². The smallest absolute Gasteiger partial charge is 0.233 e. The van der Waals surface area contributed by atoms with E-state index in [4.69, 9.17) is 0 Å². The molecule has 0 spiro atoms. The predicted octanol–water partition coefficient (Wildman–Crippen LogP) is 0.981. The number of hydrogen-bond donors (Lipinski definition) is 1. The molecular formula is C10H12N4. The van der Waals surface area contributed by atoms with Crippen LogP contribution in [0.4, 0.5) is 0 Å². The standard InChI is InChI=1S/C10H12N4/c1-4-11-10-13-9(7-14(10)5-1)6-12-8-2-3-8/h1,4-5,7-8,12H,2-3,6H2. The van der Waals surface area contributed by atoms with Gasteiger partial charge >= 0.3 is 0 Å². The normalized spacial score (nSPS) is 16.3. The van der Waals surface area contributed by atoms with Gasteiger partial charge in [0.05, 0.1) is 5.69 Å². The first-order valence-electron chi connectivity index (χ1n) is 4.94. The molecule has 72 valence electrons. The summed E-state index contributed by atoms with van der Waals surface area (Å²) in [7, 11) is 0. The second kappa shape index (κ2) is 3.06. The van der Waals surface area contributed by atoms with Gasteiger partial charge in [-0.1, -0.05) is 0 Å². The van der Waals surface area contributed by atoms with E-state index >= 15 is 0 Å². The molecule has 1 N–H and O–H groups in total. The van der Waals surface area contributed by atoms with E-state index in [1.165, 1.54) is 12.8 Å². The number of imidazole rings is 1. The summed E-state index contributed by atoms with van der Waals surface area (Å²) in [6, 6.07) is 2.64. The predicted molar refractivity (Wildman–Crippen MR) is 52.8 cm³/mol. The summed E-state index contributed by atoms with van der Waals surface area (Å²) in [6.07, 6.45) is 8.38. The molecule has 1 aliphatic rings. The Morgan fingerprint density at radius 1 is 1.50 bits per heavy atom. The molecule has 1 fully saturated rings. The number of hydrogen-bond acceptors (Lipinski definition) is 3. The van der Waals surface area contributed by atoms with Crippen molar-refractivity contribution in [3.8, 4) is 0 Å². The van der Waals surface area contributed by atoms with Gasteiger partial charge in [-0.15, -0.1) is 0 Å². The molecule has 1 aliphatic carbocycles. The van der Waals surface area contributed by atoms with Crippen molar-refractivity contribution in [2.45, 2.75) is 25.4 Å². The van der Waals surface area contributed by atoms with Crippen molar-refractivity contribution in [1.29, 1.82) is 0 Å². The Bertz CT molecular complexity index is 411. The fourth-order valence-corrected chi connectivity index (χ4v) is 1.50. The number of nitrogens with one attached hydrogen (secondary N) is 1. The zero-order valence-corrected chi connectivity index (χ0v) is 7.85. The molecule has 0 aromatic carbocycles. The summed E-state index contributed by atoms with van der Waals surface area (Å²) in [6.45, 7) is 0.855. The summed E-state index contributed by atoms with van der Waals surface area (Å²) < 4.78 is 1.95. The van der Waals surface area contributed by atoms with Crippen molar-refractivity contribution >= 4 is 5.78 Å². The minimum absolute atomic E-state index is 0.729. The van der Waals surface area contributed by atoms with E-state index in [9.17, 15) is 0 Å². The van der Waals surface area contributed by atoms with Gasteiger partial charge in [-0.3, -0.25) is 4.40 Å². The zero-order valence-electron chi connectivity index (χ0n) is 7.85. The average molecular weight is 188 g/mol. The van der Waals surface area contributed by atoms with Crippen molar-refractivity contribution in [2.24, 2.45) is 0 Å². The van der Waals surface area contributed by atoms with E-state index in [0.717, 1.165) is 24.1 Å². The first-order chi connectivity index (χ1) is 6.92. The highest BCUT2D eigenvalue weighted by molar-refractivity contribution is 5.29. The Hall–Kier alpha value is -1.42. The van der Waals surface area contributed by atoms with Crippen LogP contribution in [0.5, 0.6) is 0 Å². The average Bonchev–Trinajstić information content (AvgIpc) is 2.94. The Labute approximate surface area is 82.0 Å². The molecule has 2 aromatic heterocycles. The third kappa shape index (κ3) is 1.48. The molecule has 0 saturated heterocycles. The molecule has 0 atom stereocenters. The molecule has 0 radical (unpaired) electrons. The van der Waals surface area contributed by atoms with Crippen LogP contribution in [0.3, 0.4) is 0 Å². The Morgan fingerprint density at radius 3 is 3.21 bits per heavy atom. The molecular weight excluding hydrogens is 176 g/mol. The maximum atomic E-state index is 4.40. The van der Waals surface area contributed by atoms with E-state index in [1.807, 2.05) is 22.9 Å². The molecule has 0 bridgehead atoms. The van der Waals surface area contributed by atoms with Crippen LogP contribution < -0.4 is 5.32 Å². The molecule has 4 heteroatoms. The Morgan fingerprint density at radius 2 is 2.43 bits per heavy atom. The Kier molecular flexibility index (Phi) is 1.73. The van der Waals surface area contributed by atoms with Crippen LogP contribution >= 0.6 is 0 Å². The minimum Gasteiger partial charge on any atom is -0.308 e. The van der Waals surface area contributed by atoms with Crippen molar-refractivity contribution in [1.82, 2.24) is 19.7 Å². The highest BCUT2D eigenvalue weighted by atomic mass is 15.1. The van der Waals surface area contributed by atoms with Crippen molar-refractivity contribution < 1.29 is 0 Å². The second-order valence-corrected chi connectivity index (χ2v) is 3.71. The molecule has 2 heterocycles. The van der Waals surface area contributed by atoms with Crippen LogP contribution in [0, 0.1) is 0 Å². The lowest BCUT2D eigenvalue weighted by Crippen LogP contribution is -2.15. The van der Waals surface area contributed by atoms with Crippen molar-refractivity contribution in [2.75, 3.05) is 0 Å². The summed E-state index contributed by atoms with van der Waals surface area (Å²) >= 11 is 0. The number of fused-ring (bicyclic) bond motifs is 1. The van der Waals surface area contributed by atoms with Gasteiger partial charge in [0, 0.05) is 31.2 Å². The summed E-state index contributed by atoms with van der Waals surface area (Å²) in [5.74, 6) is 0.778. The van der Waals surface area contributed by atoms with Gasteiger partial charge in [0.1, 0.15) is 0 Å². The quantitative estimate of drug-likeness (QED) is 0.780.